The number of hydrogen-bond donors (Lipinski definition) is 4. The summed E-state index contributed by atoms with van der Waals surface area (Å²) in [6.45, 7) is 0. The summed E-state index contributed by atoms with van der Waals surface area (Å²) < 4.78 is 33.5. The SMILES string of the molecule is COc1ccc(Cl)cc1C(Nc1ccccc1S(=O)(=O)Nc1cc[nH]c1)C(N)=O. The number of rotatable bonds is 8. The maximum Gasteiger partial charge on any atom is 0.264 e. The van der Waals surface area contributed by atoms with Crippen molar-refractivity contribution in [2.24, 2.45) is 5.73 Å². The summed E-state index contributed by atoms with van der Waals surface area (Å²) in [6.07, 6.45) is 3.10. The lowest BCUT2D eigenvalue weighted by Gasteiger charge is -2.21. The molecular formula is C19H19ClN4O4S. The maximum atomic E-state index is 12.9. The number of hydrogen-bond acceptors (Lipinski definition) is 5. The Balaban J connectivity index is 2.01. The number of aromatic nitrogens is 1. The lowest BCUT2D eigenvalue weighted by molar-refractivity contribution is -0.118. The Bertz CT molecular complexity index is 1120. The standard InChI is InChI=1S/C19H19ClN4O4S/c1-28-16-7-6-12(20)10-14(16)18(19(21)25)23-15-4-2-3-5-17(15)29(26,27)24-13-8-9-22-11-13/h2-11,18,22-24H,1H3,(H2,21,25). The molecule has 1 atom stereocenters. The Morgan fingerprint density at radius 2 is 1.97 bits per heavy atom. The highest BCUT2D eigenvalue weighted by atomic mass is 35.5. The molecule has 10 heteroatoms. The van der Waals surface area contributed by atoms with Crippen LogP contribution >= 0.6 is 11.6 Å². The van der Waals surface area contributed by atoms with Crippen LogP contribution in [0.15, 0.2) is 65.8 Å². The smallest absolute Gasteiger partial charge is 0.264 e. The molecule has 29 heavy (non-hydrogen) atoms. The largest absolute Gasteiger partial charge is 0.496 e. The van der Waals surface area contributed by atoms with Crippen molar-refractivity contribution in [3.8, 4) is 5.75 Å². The fourth-order valence-corrected chi connectivity index (χ4v) is 4.21. The van der Waals surface area contributed by atoms with Gasteiger partial charge in [0.15, 0.2) is 0 Å². The van der Waals surface area contributed by atoms with Crippen LogP contribution < -0.4 is 20.5 Å². The van der Waals surface area contributed by atoms with Crippen molar-refractivity contribution in [2.75, 3.05) is 17.1 Å². The molecule has 2 aromatic carbocycles. The monoisotopic (exact) mass is 434 g/mol. The van der Waals surface area contributed by atoms with E-state index in [1.165, 1.54) is 25.4 Å². The molecular weight excluding hydrogens is 416 g/mol. The Morgan fingerprint density at radius 3 is 2.62 bits per heavy atom. The van der Waals surface area contributed by atoms with Crippen molar-refractivity contribution >= 4 is 38.9 Å². The zero-order valence-corrected chi connectivity index (χ0v) is 16.9. The van der Waals surface area contributed by atoms with E-state index in [0.717, 1.165) is 0 Å². The zero-order valence-electron chi connectivity index (χ0n) is 15.3. The van der Waals surface area contributed by atoms with Gasteiger partial charge < -0.3 is 20.8 Å². The molecule has 0 spiro atoms. The predicted octanol–water partition coefficient (Wildman–Crippen LogP) is 3.12. The molecule has 152 valence electrons. The lowest BCUT2D eigenvalue weighted by Crippen LogP contribution is -2.29. The summed E-state index contributed by atoms with van der Waals surface area (Å²) in [5.41, 5.74) is 6.55. The number of amides is 1. The van der Waals surface area contributed by atoms with E-state index in [0.29, 0.717) is 22.0 Å². The number of carbonyl (C=O) groups is 1. The number of methoxy groups -OCH3 is 1. The minimum Gasteiger partial charge on any atom is -0.496 e. The van der Waals surface area contributed by atoms with Gasteiger partial charge in [0.05, 0.1) is 18.5 Å². The predicted molar refractivity (Wildman–Crippen MR) is 112 cm³/mol. The van der Waals surface area contributed by atoms with E-state index in [4.69, 9.17) is 22.1 Å². The van der Waals surface area contributed by atoms with Crippen LogP contribution in [-0.2, 0) is 14.8 Å². The molecule has 0 aliphatic heterocycles. The number of nitrogens with two attached hydrogens (primary N) is 1. The van der Waals surface area contributed by atoms with Crippen molar-refractivity contribution in [3.63, 3.8) is 0 Å². The van der Waals surface area contributed by atoms with Gasteiger partial charge in [-0.3, -0.25) is 9.52 Å². The molecule has 0 aliphatic rings. The number of sulfonamides is 1. The average Bonchev–Trinajstić information content (AvgIpc) is 3.18. The van der Waals surface area contributed by atoms with Crippen LogP contribution in [0, 0.1) is 0 Å². The van der Waals surface area contributed by atoms with Gasteiger partial charge >= 0.3 is 0 Å². The number of nitrogens with one attached hydrogen (secondary N) is 3. The number of aromatic amines is 1. The third kappa shape index (κ3) is 4.64. The van der Waals surface area contributed by atoms with Crippen LogP contribution in [-0.4, -0.2) is 26.4 Å². The number of carbonyl (C=O) groups excluding carboxylic acids is 1. The van der Waals surface area contributed by atoms with Gasteiger partial charge in [0.1, 0.15) is 16.7 Å². The topological polar surface area (TPSA) is 126 Å². The number of ether oxygens (including phenoxy) is 1. The summed E-state index contributed by atoms with van der Waals surface area (Å²) >= 11 is 6.06. The summed E-state index contributed by atoms with van der Waals surface area (Å²) in [5, 5.41) is 3.29. The third-order valence-corrected chi connectivity index (χ3v) is 5.79. The summed E-state index contributed by atoms with van der Waals surface area (Å²) in [4.78, 5) is 14.9. The van der Waals surface area contributed by atoms with Crippen LogP contribution in [0.25, 0.3) is 0 Å². The van der Waals surface area contributed by atoms with E-state index < -0.39 is 22.0 Å². The minimum absolute atomic E-state index is 0.0477. The minimum atomic E-state index is -3.93. The molecule has 1 amide bonds. The van der Waals surface area contributed by atoms with Crippen molar-refractivity contribution in [2.45, 2.75) is 10.9 Å². The molecule has 0 radical (unpaired) electrons. The first-order chi connectivity index (χ1) is 13.8. The molecule has 0 bridgehead atoms. The van der Waals surface area contributed by atoms with E-state index in [-0.39, 0.29) is 10.6 Å². The molecule has 1 heterocycles. The summed E-state index contributed by atoms with van der Waals surface area (Å²) in [5.74, 6) is -0.340. The van der Waals surface area contributed by atoms with Crippen molar-refractivity contribution in [1.82, 2.24) is 4.98 Å². The molecule has 1 aromatic heterocycles. The second-order valence-corrected chi connectivity index (χ2v) is 8.15. The lowest BCUT2D eigenvalue weighted by atomic mass is 10.0. The van der Waals surface area contributed by atoms with Crippen molar-refractivity contribution in [1.29, 1.82) is 0 Å². The fraction of sp³-hybridized carbons (Fsp3) is 0.105. The van der Waals surface area contributed by atoms with Crippen LogP contribution in [0.1, 0.15) is 11.6 Å². The van der Waals surface area contributed by atoms with Crippen LogP contribution in [0.2, 0.25) is 5.02 Å². The molecule has 0 saturated heterocycles. The van der Waals surface area contributed by atoms with Gasteiger partial charge in [-0.15, -0.1) is 0 Å². The number of para-hydroxylation sites is 1. The van der Waals surface area contributed by atoms with Gasteiger partial charge in [-0.2, -0.15) is 0 Å². The first-order valence-electron chi connectivity index (χ1n) is 8.46. The normalized spacial score (nSPS) is 12.2. The van der Waals surface area contributed by atoms with Gasteiger partial charge in [-0.25, -0.2) is 8.42 Å². The van der Waals surface area contributed by atoms with Gasteiger partial charge in [0.25, 0.3) is 10.0 Å². The highest BCUT2D eigenvalue weighted by molar-refractivity contribution is 7.92. The molecule has 0 fully saturated rings. The van der Waals surface area contributed by atoms with E-state index in [1.807, 2.05) is 0 Å². The summed E-state index contributed by atoms with van der Waals surface area (Å²) in [6, 6.07) is 11.4. The molecule has 1 unspecified atom stereocenters. The first-order valence-corrected chi connectivity index (χ1v) is 10.3. The molecule has 5 N–H and O–H groups in total. The fourth-order valence-electron chi connectivity index (χ4n) is 2.81. The molecule has 3 rings (SSSR count). The number of anilines is 2. The van der Waals surface area contributed by atoms with Crippen LogP contribution in [0.5, 0.6) is 5.75 Å². The Labute approximate surface area is 173 Å². The Morgan fingerprint density at radius 1 is 1.21 bits per heavy atom. The van der Waals surface area contributed by atoms with E-state index >= 15 is 0 Å². The van der Waals surface area contributed by atoms with Gasteiger partial charge in [-0.1, -0.05) is 23.7 Å². The van der Waals surface area contributed by atoms with E-state index in [1.54, 1.807) is 42.6 Å². The summed E-state index contributed by atoms with van der Waals surface area (Å²) in [7, 11) is -2.48. The second kappa shape index (κ2) is 8.46. The first kappa shape index (κ1) is 20.6. The molecule has 8 nitrogen and oxygen atoms in total. The maximum absolute atomic E-state index is 12.9. The molecule has 0 saturated carbocycles. The van der Waals surface area contributed by atoms with Crippen molar-refractivity contribution < 1.29 is 17.9 Å². The number of halogens is 1. The Kier molecular flexibility index (Phi) is 6.00. The van der Waals surface area contributed by atoms with Crippen LogP contribution in [0.3, 0.4) is 0 Å². The third-order valence-electron chi connectivity index (χ3n) is 4.11. The van der Waals surface area contributed by atoms with Crippen molar-refractivity contribution in [3.05, 3.63) is 71.5 Å². The average molecular weight is 435 g/mol. The van der Waals surface area contributed by atoms with Gasteiger partial charge in [0, 0.05) is 23.0 Å². The second-order valence-electron chi connectivity index (χ2n) is 6.07. The Hall–Kier alpha value is -3.17. The van der Waals surface area contributed by atoms with E-state index in [9.17, 15) is 13.2 Å². The number of benzene rings is 2. The molecule has 3 aromatic rings. The number of H-pyrrole nitrogens is 1. The van der Waals surface area contributed by atoms with Gasteiger partial charge in [0.2, 0.25) is 5.91 Å². The zero-order chi connectivity index (χ0) is 21.0. The van der Waals surface area contributed by atoms with E-state index in [2.05, 4.69) is 15.0 Å². The molecule has 0 aliphatic carbocycles. The highest BCUT2D eigenvalue weighted by Crippen LogP contribution is 2.33. The van der Waals surface area contributed by atoms with Gasteiger partial charge in [-0.05, 0) is 36.4 Å². The number of primary amides is 1. The quantitative estimate of drug-likeness (QED) is 0.433. The van der Waals surface area contributed by atoms with Crippen LogP contribution in [0.4, 0.5) is 11.4 Å². The highest BCUT2D eigenvalue weighted by Gasteiger charge is 2.26.